The minimum atomic E-state index is 0.763. The van der Waals surface area contributed by atoms with Crippen LogP contribution in [0.5, 0.6) is 0 Å². The minimum Gasteiger partial charge on any atom is -0.272 e. The molecule has 52 valence electrons. The summed E-state index contributed by atoms with van der Waals surface area (Å²) in [7, 11) is 0. The van der Waals surface area contributed by atoms with Crippen LogP contribution in [0.4, 0.5) is 0 Å². The molecule has 0 atom stereocenters. The van der Waals surface area contributed by atoms with Crippen molar-refractivity contribution in [1.82, 2.24) is 5.43 Å². The second kappa shape index (κ2) is 6.04. The number of nitrogens with one attached hydrogen (secondary N) is 1. The third-order valence-corrected chi connectivity index (χ3v) is 1.64. The van der Waals surface area contributed by atoms with E-state index in [2.05, 4.69) is 17.2 Å². The van der Waals surface area contributed by atoms with Gasteiger partial charge in [-0.2, -0.15) is 16.9 Å². The van der Waals surface area contributed by atoms with Crippen LogP contribution in [0.25, 0.3) is 0 Å². The molecule has 0 aliphatic carbocycles. The highest BCUT2D eigenvalue weighted by molar-refractivity contribution is 7.98. The predicted octanol–water partition coefficient (Wildman–Crippen LogP) is 1.27. The van der Waals surface area contributed by atoms with Crippen molar-refractivity contribution in [2.24, 2.45) is 5.10 Å². The third kappa shape index (κ3) is 5.79. The first-order valence-corrected chi connectivity index (χ1v) is 4.35. The Balaban J connectivity index is 3.16. The number of nitrogens with zero attached hydrogens (tertiary/aromatic N) is 1. The molecular formula is C5H10N2S2. The van der Waals surface area contributed by atoms with Crippen LogP contribution in [0, 0.1) is 0 Å². The van der Waals surface area contributed by atoms with Gasteiger partial charge in [0.15, 0.2) is 0 Å². The summed E-state index contributed by atoms with van der Waals surface area (Å²) >= 11 is 6.63. The van der Waals surface area contributed by atoms with E-state index in [0.717, 1.165) is 17.2 Å². The van der Waals surface area contributed by atoms with Gasteiger partial charge in [0.2, 0.25) is 0 Å². The molecule has 0 aromatic rings. The Bertz CT molecular complexity index is 103. The zero-order valence-corrected chi connectivity index (χ0v) is 7.02. The van der Waals surface area contributed by atoms with Crippen LogP contribution < -0.4 is 5.43 Å². The van der Waals surface area contributed by atoms with Gasteiger partial charge in [0.25, 0.3) is 0 Å². The predicted molar refractivity (Wildman–Crippen MR) is 48.3 cm³/mol. The zero-order valence-electron chi connectivity index (χ0n) is 5.39. The van der Waals surface area contributed by atoms with Gasteiger partial charge in [-0.1, -0.05) is 12.2 Å². The van der Waals surface area contributed by atoms with Gasteiger partial charge >= 0.3 is 0 Å². The normalized spacial score (nSPS) is 8.56. The maximum atomic E-state index is 4.86. The van der Waals surface area contributed by atoms with Gasteiger partial charge in [0, 0.05) is 13.1 Å². The van der Waals surface area contributed by atoms with Crippen molar-refractivity contribution in [3.05, 3.63) is 0 Å². The Morgan fingerprint density at radius 2 is 2.56 bits per heavy atom. The van der Waals surface area contributed by atoms with E-state index in [1.54, 1.807) is 11.8 Å². The maximum Gasteiger partial charge on any atom is 0.0969 e. The molecule has 0 aromatic heterocycles. The smallest absolute Gasteiger partial charge is 0.0969 e. The topological polar surface area (TPSA) is 24.4 Å². The first kappa shape index (κ1) is 8.91. The molecule has 1 N–H and O–H groups in total. The molecule has 0 aliphatic heterocycles. The largest absolute Gasteiger partial charge is 0.272 e. The molecule has 0 unspecified atom stereocenters. The van der Waals surface area contributed by atoms with Crippen LogP contribution in [-0.2, 0) is 0 Å². The van der Waals surface area contributed by atoms with Gasteiger partial charge in [-0.05, 0) is 12.0 Å². The Morgan fingerprint density at radius 1 is 1.89 bits per heavy atom. The molecule has 0 saturated heterocycles. The van der Waals surface area contributed by atoms with Crippen LogP contribution in [0.15, 0.2) is 5.10 Å². The number of hydrazone groups is 1. The Hall–Kier alpha value is -0.0900. The summed E-state index contributed by atoms with van der Waals surface area (Å²) in [5.41, 5.74) is 2.61. The molecule has 0 fully saturated rings. The second-order valence-electron chi connectivity index (χ2n) is 1.44. The van der Waals surface area contributed by atoms with Gasteiger partial charge < -0.3 is 0 Å². The summed E-state index contributed by atoms with van der Waals surface area (Å²) in [6, 6.07) is 0. The zero-order chi connectivity index (χ0) is 7.11. The lowest BCUT2D eigenvalue weighted by Crippen LogP contribution is -2.14. The fourth-order valence-electron chi connectivity index (χ4n) is 0.339. The van der Waals surface area contributed by atoms with Crippen LogP contribution in [-0.4, -0.2) is 23.7 Å². The molecule has 4 heteroatoms. The molecular weight excluding hydrogens is 152 g/mol. The summed E-state index contributed by atoms with van der Waals surface area (Å²) in [6.07, 6.45) is 2.93. The van der Waals surface area contributed by atoms with E-state index >= 15 is 0 Å². The van der Waals surface area contributed by atoms with Crippen LogP contribution >= 0.6 is 24.0 Å². The number of rotatable bonds is 4. The van der Waals surface area contributed by atoms with Gasteiger partial charge in [0.05, 0.1) is 4.99 Å². The summed E-state index contributed by atoms with van der Waals surface area (Å²) in [4.78, 5) is 0.763. The summed E-state index contributed by atoms with van der Waals surface area (Å²) in [5.74, 6) is 1.04. The lowest BCUT2D eigenvalue weighted by molar-refractivity contribution is 1.02. The van der Waals surface area contributed by atoms with Gasteiger partial charge in [-0.3, -0.25) is 5.43 Å². The highest BCUT2D eigenvalue weighted by atomic mass is 32.2. The standard InChI is InChI=1S/C5H10N2S2/c1-6-7-5(8)3-4-9-2/h1,3-4H2,2H3,(H,7,8). The first-order valence-electron chi connectivity index (χ1n) is 2.54. The summed E-state index contributed by atoms with van der Waals surface area (Å²) in [6.45, 7) is 3.25. The van der Waals surface area contributed by atoms with Crippen LogP contribution in [0.3, 0.4) is 0 Å². The quantitative estimate of drug-likeness (QED) is 0.383. The highest BCUT2D eigenvalue weighted by Crippen LogP contribution is 1.95. The van der Waals surface area contributed by atoms with Crippen molar-refractivity contribution in [2.75, 3.05) is 12.0 Å². The van der Waals surface area contributed by atoms with E-state index in [1.807, 2.05) is 6.26 Å². The molecule has 0 bridgehead atoms. The molecule has 9 heavy (non-hydrogen) atoms. The van der Waals surface area contributed by atoms with Gasteiger partial charge in [-0.25, -0.2) is 0 Å². The lowest BCUT2D eigenvalue weighted by Gasteiger charge is -1.98. The van der Waals surface area contributed by atoms with Crippen molar-refractivity contribution in [3.8, 4) is 0 Å². The average Bonchev–Trinajstić information content (AvgIpc) is 1.85. The van der Waals surface area contributed by atoms with Crippen molar-refractivity contribution >= 4 is 35.7 Å². The van der Waals surface area contributed by atoms with Gasteiger partial charge in [0.1, 0.15) is 0 Å². The Kier molecular flexibility index (Phi) is 5.98. The maximum absolute atomic E-state index is 4.86. The van der Waals surface area contributed by atoms with E-state index in [4.69, 9.17) is 12.2 Å². The SMILES string of the molecule is C=NNC(=S)CCSC. The number of hydrogen-bond acceptors (Lipinski definition) is 3. The fourth-order valence-corrected chi connectivity index (χ4v) is 1.04. The van der Waals surface area contributed by atoms with E-state index in [1.165, 1.54) is 0 Å². The number of thioether (sulfide) groups is 1. The van der Waals surface area contributed by atoms with E-state index in [9.17, 15) is 0 Å². The molecule has 0 rings (SSSR count). The number of hydrogen-bond donors (Lipinski definition) is 1. The van der Waals surface area contributed by atoms with Crippen molar-refractivity contribution < 1.29 is 0 Å². The van der Waals surface area contributed by atoms with E-state index in [0.29, 0.717) is 0 Å². The second-order valence-corrected chi connectivity index (χ2v) is 2.91. The molecule has 0 saturated carbocycles. The molecule has 0 aromatic carbocycles. The lowest BCUT2D eigenvalue weighted by atomic mass is 10.5. The summed E-state index contributed by atoms with van der Waals surface area (Å²) < 4.78 is 0. The Labute approximate surface area is 65.1 Å². The molecule has 0 spiro atoms. The van der Waals surface area contributed by atoms with Crippen molar-refractivity contribution in [2.45, 2.75) is 6.42 Å². The molecule has 0 radical (unpaired) electrons. The summed E-state index contributed by atoms with van der Waals surface area (Å²) in [5, 5.41) is 3.44. The minimum absolute atomic E-state index is 0.763. The van der Waals surface area contributed by atoms with Crippen LogP contribution in [0.1, 0.15) is 6.42 Å². The average molecular weight is 162 g/mol. The molecule has 2 nitrogen and oxygen atoms in total. The molecule has 0 heterocycles. The van der Waals surface area contributed by atoms with Crippen molar-refractivity contribution in [1.29, 1.82) is 0 Å². The third-order valence-electron chi connectivity index (χ3n) is 0.737. The van der Waals surface area contributed by atoms with E-state index < -0.39 is 0 Å². The highest BCUT2D eigenvalue weighted by Gasteiger charge is 1.90. The van der Waals surface area contributed by atoms with Crippen LogP contribution in [0.2, 0.25) is 0 Å². The first-order chi connectivity index (χ1) is 4.31. The van der Waals surface area contributed by atoms with Gasteiger partial charge in [-0.15, -0.1) is 0 Å². The van der Waals surface area contributed by atoms with E-state index in [-0.39, 0.29) is 0 Å². The Morgan fingerprint density at radius 3 is 3.00 bits per heavy atom. The number of thiocarbonyl (C=S) groups is 1. The molecule has 0 amide bonds. The molecule has 0 aliphatic rings. The monoisotopic (exact) mass is 162 g/mol. The fraction of sp³-hybridized carbons (Fsp3) is 0.600. The van der Waals surface area contributed by atoms with Crippen molar-refractivity contribution in [3.63, 3.8) is 0 Å².